The Kier molecular flexibility index (Phi) is 4.78. The van der Waals surface area contributed by atoms with Crippen molar-refractivity contribution in [2.45, 2.75) is 56.7 Å². The van der Waals surface area contributed by atoms with Crippen molar-refractivity contribution >= 4 is 23.2 Å². The zero-order valence-electron chi connectivity index (χ0n) is 11.8. The second-order valence-electron chi connectivity index (χ2n) is 6.13. The number of hydrogen-bond acceptors (Lipinski definition) is 1. The van der Waals surface area contributed by atoms with Crippen LogP contribution in [0.3, 0.4) is 0 Å². The Morgan fingerprint density at radius 2 is 2.00 bits per heavy atom. The fourth-order valence-electron chi connectivity index (χ4n) is 3.54. The molecule has 2 aliphatic rings. The number of hydrogen-bond donors (Lipinski definition) is 0. The first-order valence-electron chi connectivity index (χ1n) is 7.83. The molecule has 0 amide bonds. The van der Waals surface area contributed by atoms with Crippen molar-refractivity contribution in [2.24, 2.45) is 5.92 Å². The Balaban J connectivity index is 1.66. The molecule has 20 heavy (non-hydrogen) atoms. The number of halogens is 2. The molecule has 110 valence electrons. The quantitative estimate of drug-likeness (QED) is 0.627. The number of rotatable bonds is 4. The van der Waals surface area contributed by atoms with Crippen LogP contribution in [0.1, 0.15) is 61.4 Å². The second kappa shape index (κ2) is 6.58. The van der Waals surface area contributed by atoms with E-state index in [1.807, 2.05) is 12.1 Å². The van der Waals surface area contributed by atoms with Crippen LogP contribution in [0.5, 0.6) is 5.75 Å². The van der Waals surface area contributed by atoms with E-state index in [1.54, 1.807) is 0 Å². The Morgan fingerprint density at radius 3 is 2.80 bits per heavy atom. The third-order valence-electron chi connectivity index (χ3n) is 4.67. The maximum absolute atomic E-state index is 6.64. The molecule has 0 saturated heterocycles. The lowest BCUT2D eigenvalue weighted by Crippen LogP contribution is -2.07. The molecule has 0 N–H and O–H groups in total. The Bertz CT molecular complexity index is 466. The summed E-state index contributed by atoms with van der Waals surface area (Å²) in [5.74, 6) is 1.87. The Morgan fingerprint density at radius 1 is 1.20 bits per heavy atom. The maximum atomic E-state index is 6.64. The van der Waals surface area contributed by atoms with Gasteiger partial charge in [0.05, 0.1) is 12.0 Å². The molecule has 1 unspecified atom stereocenters. The first-order valence-corrected chi connectivity index (χ1v) is 8.64. The lowest BCUT2D eigenvalue weighted by atomic mass is 9.85. The van der Waals surface area contributed by atoms with Gasteiger partial charge in [0.2, 0.25) is 0 Å². The SMILES string of the molecule is Clc1cc2c(c(C(Cl)CCC3CCCCC3)c1)OCC2. The smallest absolute Gasteiger partial charge is 0.127 e. The zero-order valence-corrected chi connectivity index (χ0v) is 13.3. The average molecular weight is 313 g/mol. The van der Waals surface area contributed by atoms with Gasteiger partial charge < -0.3 is 4.74 Å². The summed E-state index contributed by atoms with van der Waals surface area (Å²) in [5.41, 5.74) is 2.32. The van der Waals surface area contributed by atoms with Crippen molar-refractivity contribution < 1.29 is 4.74 Å². The van der Waals surface area contributed by atoms with Crippen LogP contribution in [0.4, 0.5) is 0 Å². The molecular weight excluding hydrogens is 291 g/mol. The molecule has 0 bridgehead atoms. The zero-order chi connectivity index (χ0) is 13.9. The summed E-state index contributed by atoms with van der Waals surface area (Å²) in [4.78, 5) is 0. The van der Waals surface area contributed by atoms with E-state index in [0.29, 0.717) is 0 Å². The summed E-state index contributed by atoms with van der Waals surface area (Å²) in [6.45, 7) is 0.759. The van der Waals surface area contributed by atoms with E-state index in [9.17, 15) is 0 Å². The molecule has 1 nitrogen and oxygen atoms in total. The monoisotopic (exact) mass is 312 g/mol. The molecule has 1 atom stereocenters. The molecule has 3 rings (SSSR count). The Hall–Kier alpha value is -0.400. The molecule has 1 aliphatic carbocycles. The van der Waals surface area contributed by atoms with Crippen molar-refractivity contribution in [3.05, 3.63) is 28.3 Å². The highest BCUT2D eigenvalue weighted by Gasteiger charge is 2.23. The van der Waals surface area contributed by atoms with Gasteiger partial charge in [-0.15, -0.1) is 11.6 Å². The van der Waals surface area contributed by atoms with Gasteiger partial charge in [0, 0.05) is 17.0 Å². The minimum Gasteiger partial charge on any atom is -0.493 e. The van der Waals surface area contributed by atoms with E-state index in [0.717, 1.165) is 41.7 Å². The highest BCUT2D eigenvalue weighted by molar-refractivity contribution is 6.31. The summed E-state index contributed by atoms with van der Waals surface area (Å²) < 4.78 is 5.75. The van der Waals surface area contributed by atoms with Gasteiger partial charge in [-0.25, -0.2) is 0 Å². The van der Waals surface area contributed by atoms with Gasteiger partial charge >= 0.3 is 0 Å². The van der Waals surface area contributed by atoms with Gasteiger partial charge in [0.1, 0.15) is 5.75 Å². The normalized spacial score (nSPS) is 20.5. The van der Waals surface area contributed by atoms with Gasteiger partial charge in [-0.2, -0.15) is 0 Å². The van der Waals surface area contributed by atoms with E-state index in [1.165, 1.54) is 44.1 Å². The molecular formula is C17H22Cl2O. The molecule has 0 spiro atoms. The topological polar surface area (TPSA) is 9.23 Å². The largest absolute Gasteiger partial charge is 0.493 e. The third-order valence-corrected chi connectivity index (χ3v) is 5.34. The van der Waals surface area contributed by atoms with E-state index in [-0.39, 0.29) is 5.38 Å². The van der Waals surface area contributed by atoms with Crippen LogP contribution in [-0.4, -0.2) is 6.61 Å². The van der Waals surface area contributed by atoms with Gasteiger partial charge in [-0.1, -0.05) is 43.7 Å². The predicted molar refractivity (Wildman–Crippen MR) is 85.1 cm³/mol. The second-order valence-corrected chi connectivity index (χ2v) is 7.09. The van der Waals surface area contributed by atoms with Crippen LogP contribution < -0.4 is 4.74 Å². The van der Waals surface area contributed by atoms with Gasteiger partial charge in [0.25, 0.3) is 0 Å². The van der Waals surface area contributed by atoms with Crippen molar-refractivity contribution in [2.75, 3.05) is 6.61 Å². The van der Waals surface area contributed by atoms with E-state index in [2.05, 4.69) is 0 Å². The molecule has 1 aliphatic heterocycles. The Labute approximate surface area is 131 Å². The van der Waals surface area contributed by atoms with Gasteiger partial charge in [-0.3, -0.25) is 0 Å². The summed E-state index contributed by atoms with van der Waals surface area (Å²) in [7, 11) is 0. The number of benzene rings is 1. The third kappa shape index (κ3) is 3.26. The minimum atomic E-state index is 0.0301. The molecule has 1 aromatic rings. The number of ether oxygens (including phenoxy) is 1. The summed E-state index contributed by atoms with van der Waals surface area (Å²) in [6, 6.07) is 4.00. The highest BCUT2D eigenvalue weighted by Crippen LogP contribution is 2.41. The van der Waals surface area contributed by atoms with Gasteiger partial charge in [-0.05, 0) is 36.5 Å². The molecule has 1 fully saturated rings. The lowest BCUT2D eigenvalue weighted by Gasteiger charge is -2.23. The van der Waals surface area contributed by atoms with E-state index in [4.69, 9.17) is 27.9 Å². The summed E-state index contributed by atoms with van der Waals surface area (Å²) in [5, 5.41) is 0.815. The van der Waals surface area contributed by atoms with E-state index >= 15 is 0 Å². The molecule has 1 saturated carbocycles. The first-order chi connectivity index (χ1) is 9.74. The molecule has 0 radical (unpaired) electrons. The van der Waals surface area contributed by atoms with Crippen LogP contribution in [0.15, 0.2) is 12.1 Å². The fraction of sp³-hybridized carbons (Fsp3) is 0.647. The van der Waals surface area contributed by atoms with E-state index < -0.39 is 0 Å². The first kappa shape index (κ1) is 14.5. The highest BCUT2D eigenvalue weighted by atomic mass is 35.5. The van der Waals surface area contributed by atoms with Crippen molar-refractivity contribution in [1.29, 1.82) is 0 Å². The molecule has 0 aromatic heterocycles. The van der Waals surface area contributed by atoms with Gasteiger partial charge in [0.15, 0.2) is 0 Å². The number of alkyl halides is 1. The molecule has 3 heteroatoms. The van der Waals surface area contributed by atoms with Crippen LogP contribution in [0, 0.1) is 5.92 Å². The summed E-state index contributed by atoms with van der Waals surface area (Å²) in [6.07, 6.45) is 10.2. The molecule has 1 heterocycles. The van der Waals surface area contributed by atoms with Crippen LogP contribution in [0.25, 0.3) is 0 Å². The summed E-state index contributed by atoms with van der Waals surface area (Å²) >= 11 is 12.8. The lowest BCUT2D eigenvalue weighted by molar-refractivity contribution is 0.328. The van der Waals surface area contributed by atoms with Crippen LogP contribution in [-0.2, 0) is 6.42 Å². The van der Waals surface area contributed by atoms with Crippen LogP contribution in [0.2, 0.25) is 5.02 Å². The fourth-order valence-corrected chi connectivity index (χ4v) is 4.08. The molecule has 1 aromatic carbocycles. The van der Waals surface area contributed by atoms with Crippen LogP contribution >= 0.6 is 23.2 Å². The minimum absolute atomic E-state index is 0.0301. The van der Waals surface area contributed by atoms with Crippen molar-refractivity contribution in [3.63, 3.8) is 0 Å². The predicted octanol–water partition coefficient (Wildman–Crippen LogP) is 5.92. The standard InChI is InChI=1S/C17H22Cl2O/c18-14-10-13-8-9-20-17(13)15(11-14)16(19)7-6-12-4-2-1-3-5-12/h10-12,16H,1-9H2. The van der Waals surface area contributed by atoms with Crippen molar-refractivity contribution in [3.8, 4) is 5.75 Å². The van der Waals surface area contributed by atoms with Crippen molar-refractivity contribution in [1.82, 2.24) is 0 Å². The maximum Gasteiger partial charge on any atom is 0.127 e. The average Bonchev–Trinajstić information content (AvgIpc) is 2.93. The number of fused-ring (bicyclic) bond motifs is 1.